The molecule has 0 unspecified atom stereocenters. The molecule has 0 aromatic heterocycles. The van der Waals surface area contributed by atoms with E-state index in [4.69, 9.17) is 0 Å². The van der Waals surface area contributed by atoms with Crippen LogP contribution < -0.4 is 3.69 Å². The Morgan fingerprint density at radius 2 is 1.82 bits per heavy atom. The first-order valence-corrected chi connectivity index (χ1v) is 6.03. The minimum Gasteiger partial charge on any atom is -0.174 e. The second kappa shape index (κ2) is 4.78. The summed E-state index contributed by atoms with van der Waals surface area (Å²) in [6.45, 7) is 4.60. The summed E-state index contributed by atoms with van der Waals surface area (Å²) < 4.78 is 3.03. The van der Waals surface area contributed by atoms with Gasteiger partial charge in [0, 0.05) is 0 Å². The zero-order chi connectivity index (χ0) is 8.10. The van der Waals surface area contributed by atoms with E-state index >= 15 is 0 Å². The van der Waals surface area contributed by atoms with Gasteiger partial charge in [-0.1, -0.05) is 50.1 Å². The molecule has 11 heavy (non-hydrogen) atoms. The Hall–Kier alpha value is -0.0138. The lowest BCUT2D eigenvalue weighted by Gasteiger charge is -2.01. The van der Waals surface area contributed by atoms with Crippen LogP contribution in [0.15, 0.2) is 30.3 Å². The van der Waals surface area contributed by atoms with E-state index in [1.807, 2.05) is 0 Å². The quantitative estimate of drug-likeness (QED) is 0.591. The van der Waals surface area contributed by atoms with Gasteiger partial charge in [-0.15, -0.1) is 4.55 Å². The second-order valence-corrected chi connectivity index (χ2v) is 5.31. The van der Waals surface area contributed by atoms with Crippen LogP contribution in [0.3, 0.4) is 0 Å². The maximum atomic E-state index is 2.30. The fraction of sp³-hybridized carbons (Fsp3) is 0.400. The van der Waals surface area contributed by atoms with E-state index in [9.17, 15) is 0 Å². The average molecular weight is 159 g/mol. The van der Waals surface area contributed by atoms with Crippen molar-refractivity contribution in [1.29, 1.82) is 0 Å². The van der Waals surface area contributed by atoms with Crippen LogP contribution in [0.1, 0.15) is 13.8 Å². The van der Waals surface area contributed by atoms with Gasteiger partial charge in [0.2, 0.25) is 0 Å². The van der Waals surface area contributed by atoms with Gasteiger partial charge >= 0.3 is 20.4 Å². The Morgan fingerprint density at radius 3 is 2.36 bits per heavy atom. The minimum atomic E-state index is 0.0411. The van der Waals surface area contributed by atoms with Gasteiger partial charge in [-0.3, -0.25) is 0 Å². The summed E-state index contributed by atoms with van der Waals surface area (Å²) in [5, 5.41) is 0. The van der Waals surface area contributed by atoms with E-state index in [1.54, 1.807) is 3.69 Å². The Balaban J connectivity index is 2.39. The summed E-state index contributed by atoms with van der Waals surface area (Å²) in [6.07, 6.45) is 0. The molecule has 0 aliphatic heterocycles. The van der Waals surface area contributed by atoms with E-state index in [1.165, 1.54) is 4.55 Å². The molecule has 0 atom stereocenters. The summed E-state index contributed by atoms with van der Waals surface area (Å²) in [6, 6.07) is 10.9. The van der Waals surface area contributed by atoms with Gasteiger partial charge < -0.3 is 0 Å². The molecule has 0 heterocycles. The molecule has 0 spiro atoms. The summed E-state index contributed by atoms with van der Waals surface area (Å²) in [4.78, 5) is 0. The van der Waals surface area contributed by atoms with Gasteiger partial charge in [0.1, 0.15) is 0 Å². The van der Waals surface area contributed by atoms with Gasteiger partial charge in [-0.05, 0) is 0 Å². The maximum absolute atomic E-state index is 2.30. The third kappa shape index (κ3) is 3.78. The lowest BCUT2D eigenvalue weighted by atomic mass is 10.3. The Bertz CT molecular complexity index is 191. The fourth-order valence-corrected chi connectivity index (χ4v) is 2.62. The van der Waals surface area contributed by atoms with Crippen molar-refractivity contribution in [3.8, 4) is 0 Å². The molecular formula is C10H14Mg. The molecule has 0 amide bonds. The SMILES string of the molecule is CC(C)[CH2][Mg][c]1ccccc1. The fourth-order valence-electron chi connectivity index (χ4n) is 1.10. The first kappa shape index (κ1) is 9.08. The van der Waals surface area contributed by atoms with Gasteiger partial charge in [0.15, 0.2) is 0 Å². The minimum absolute atomic E-state index is 0.0411. The predicted octanol–water partition coefficient (Wildman–Crippen LogP) is 2.09. The number of rotatable bonds is 3. The van der Waals surface area contributed by atoms with Crippen molar-refractivity contribution in [3.05, 3.63) is 30.3 Å². The highest BCUT2D eigenvalue weighted by atomic mass is 24.5. The van der Waals surface area contributed by atoms with Crippen LogP contribution in [0.2, 0.25) is 4.55 Å². The Morgan fingerprint density at radius 1 is 1.18 bits per heavy atom. The zero-order valence-electron chi connectivity index (χ0n) is 7.38. The molecule has 0 fully saturated rings. The molecule has 56 valence electrons. The molecule has 1 rings (SSSR count). The molecule has 0 aliphatic carbocycles. The largest absolute Gasteiger partial charge is 0.409 e. The summed E-state index contributed by atoms with van der Waals surface area (Å²) in [5.41, 5.74) is 0. The predicted molar refractivity (Wildman–Crippen MR) is 51.5 cm³/mol. The molecular weight excluding hydrogens is 144 g/mol. The van der Waals surface area contributed by atoms with Crippen LogP contribution in [0, 0.1) is 5.92 Å². The lowest BCUT2D eigenvalue weighted by molar-refractivity contribution is 0.732. The molecule has 0 nitrogen and oxygen atoms in total. The van der Waals surface area contributed by atoms with Crippen molar-refractivity contribution in [2.45, 2.75) is 18.4 Å². The number of benzene rings is 1. The molecule has 0 saturated heterocycles. The van der Waals surface area contributed by atoms with E-state index in [2.05, 4.69) is 44.2 Å². The van der Waals surface area contributed by atoms with Crippen LogP contribution in [0.5, 0.6) is 0 Å². The third-order valence-corrected chi connectivity index (χ3v) is 4.35. The molecule has 1 heteroatoms. The Labute approximate surface area is 78.7 Å². The highest BCUT2D eigenvalue weighted by Crippen LogP contribution is 1.98. The summed E-state index contributed by atoms with van der Waals surface area (Å²) in [5.74, 6) is 0.877. The molecule has 0 aliphatic rings. The monoisotopic (exact) mass is 158 g/mol. The van der Waals surface area contributed by atoms with Gasteiger partial charge in [0.25, 0.3) is 0 Å². The van der Waals surface area contributed by atoms with Gasteiger partial charge in [0.05, 0.1) is 0 Å². The van der Waals surface area contributed by atoms with Crippen LogP contribution in [0.25, 0.3) is 0 Å². The molecule has 0 radical (unpaired) electrons. The highest BCUT2D eigenvalue weighted by molar-refractivity contribution is 6.53. The van der Waals surface area contributed by atoms with Gasteiger partial charge in [-0.25, -0.2) is 0 Å². The topological polar surface area (TPSA) is 0 Å². The van der Waals surface area contributed by atoms with Crippen molar-refractivity contribution in [2.75, 3.05) is 0 Å². The van der Waals surface area contributed by atoms with Crippen molar-refractivity contribution in [1.82, 2.24) is 0 Å². The van der Waals surface area contributed by atoms with E-state index in [0.29, 0.717) is 0 Å². The van der Waals surface area contributed by atoms with Crippen LogP contribution in [-0.2, 0) is 0 Å². The molecule has 0 saturated carbocycles. The summed E-state index contributed by atoms with van der Waals surface area (Å²) in [7, 11) is 0. The average Bonchev–Trinajstić information content (AvgIpc) is 2.03. The molecule has 0 bridgehead atoms. The van der Waals surface area contributed by atoms with E-state index in [0.717, 1.165) is 5.92 Å². The zero-order valence-corrected chi connectivity index (χ0v) is 8.79. The van der Waals surface area contributed by atoms with Crippen molar-refractivity contribution in [2.24, 2.45) is 5.92 Å². The normalized spacial score (nSPS) is 9.73. The molecule has 1 aromatic rings. The standard InChI is InChI=1S/C6H5.C4H9.Mg/c1-2-4-6-5-3-1;1-4(2)3;/h1-5H;4H,1H2,2-3H3;. The summed E-state index contributed by atoms with van der Waals surface area (Å²) >= 11 is 0.0411. The molecule has 1 aromatic carbocycles. The first-order chi connectivity index (χ1) is 5.29. The third-order valence-electron chi connectivity index (χ3n) is 1.85. The van der Waals surface area contributed by atoms with Crippen molar-refractivity contribution >= 4 is 24.1 Å². The van der Waals surface area contributed by atoms with Crippen LogP contribution >= 0.6 is 0 Å². The van der Waals surface area contributed by atoms with E-state index in [-0.39, 0.29) is 20.4 Å². The van der Waals surface area contributed by atoms with Crippen LogP contribution in [-0.4, -0.2) is 20.4 Å². The number of hydrogen-bond acceptors (Lipinski definition) is 0. The molecule has 0 N–H and O–H groups in total. The second-order valence-electron chi connectivity index (χ2n) is 3.42. The number of hydrogen-bond donors (Lipinski definition) is 0. The Kier molecular flexibility index (Phi) is 3.95. The van der Waals surface area contributed by atoms with Crippen molar-refractivity contribution < 1.29 is 0 Å². The van der Waals surface area contributed by atoms with Crippen LogP contribution in [0.4, 0.5) is 0 Å². The first-order valence-electron chi connectivity index (χ1n) is 4.33. The maximum Gasteiger partial charge on any atom is 0.409 e. The van der Waals surface area contributed by atoms with E-state index < -0.39 is 0 Å². The lowest BCUT2D eigenvalue weighted by Crippen LogP contribution is -2.14. The van der Waals surface area contributed by atoms with Gasteiger partial charge in [-0.2, -0.15) is 3.69 Å². The highest BCUT2D eigenvalue weighted by Gasteiger charge is 2.00. The smallest absolute Gasteiger partial charge is 0.174 e. The van der Waals surface area contributed by atoms with Crippen molar-refractivity contribution in [3.63, 3.8) is 0 Å².